The van der Waals surface area contributed by atoms with Crippen molar-refractivity contribution in [1.82, 2.24) is 10.6 Å². The van der Waals surface area contributed by atoms with Gasteiger partial charge in [-0.15, -0.1) is 0 Å². The lowest BCUT2D eigenvalue weighted by Crippen LogP contribution is -2.50. The van der Waals surface area contributed by atoms with Crippen molar-refractivity contribution in [2.75, 3.05) is 19.8 Å². The lowest BCUT2D eigenvalue weighted by atomic mass is 10.0. The van der Waals surface area contributed by atoms with Crippen molar-refractivity contribution in [2.24, 2.45) is 0 Å². The molecule has 8 heteroatoms. The van der Waals surface area contributed by atoms with Gasteiger partial charge in [-0.05, 0) is 44.9 Å². The zero-order valence-electron chi connectivity index (χ0n) is 15.9. The van der Waals surface area contributed by atoms with Crippen LogP contribution in [0.5, 0.6) is 5.75 Å². The molecule has 1 aromatic carbocycles. The standard InChI is InChI=1S/C19H24N2O6/c1-5-25-18(23)17-13(4)20-19(24)21-14(17)9-27-16(22)10-26-15-8-11(2)6-7-12(15)3/h6-8,13H,5,9-10H2,1-4H3,(H2,20,21,24)/t13-/m1/s1. The highest BCUT2D eigenvalue weighted by atomic mass is 16.6. The Morgan fingerprint density at radius 3 is 2.63 bits per heavy atom. The molecule has 0 bridgehead atoms. The van der Waals surface area contributed by atoms with Crippen molar-refractivity contribution in [3.63, 3.8) is 0 Å². The SMILES string of the molecule is CCOC(=O)C1=C(COC(=O)COc2cc(C)ccc2C)NC(=O)N[C@@H]1C. The fraction of sp³-hybridized carbons (Fsp3) is 0.421. The minimum atomic E-state index is -0.618. The quantitative estimate of drug-likeness (QED) is 0.703. The van der Waals surface area contributed by atoms with Gasteiger partial charge < -0.3 is 24.8 Å². The van der Waals surface area contributed by atoms with Crippen LogP contribution < -0.4 is 15.4 Å². The summed E-state index contributed by atoms with van der Waals surface area (Å²) in [6, 6.07) is 4.65. The van der Waals surface area contributed by atoms with Gasteiger partial charge in [0.15, 0.2) is 6.61 Å². The van der Waals surface area contributed by atoms with Gasteiger partial charge in [0.2, 0.25) is 0 Å². The van der Waals surface area contributed by atoms with Gasteiger partial charge in [0.05, 0.1) is 23.9 Å². The molecule has 0 aromatic heterocycles. The largest absolute Gasteiger partial charge is 0.482 e. The van der Waals surface area contributed by atoms with Crippen LogP contribution in [0.1, 0.15) is 25.0 Å². The van der Waals surface area contributed by atoms with Gasteiger partial charge in [0.25, 0.3) is 0 Å². The first-order valence-electron chi connectivity index (χ1n) is 8.65. The number of urea groups is 1. The van der Waals surface area contributed by atoms with E-state index in [4.69, 9.17) is 14.2 Å². The van der Waals surface area contributed by atoms with E-state index in [1.807, 2.05) is 32.0 Å². The van der Waals surface area contributed by atoms with Gasteiger partial charge in [-0.3, -0.25) is 0 Å². The zero-order chi connectivity index (χ0) is 20.0. The molecule has 0 spiro atoms. The number of esters is 2. The molecule has 0 fully saturated rings. The Kier molecular flexibility index (Phi) is 6.81. The average molecular weight is 376 g/mol. The van der Waals surface area contributed by atoms with Crippen molar-refractivity contribution < 1.29 is 28.6 Å². The van der Waals surface area contributed by atoms with Gasteiger partial charge in [0, 0.05) is 0 Å². The second kappa shape index (κ2) is 9.07. The van der Waals surface area contributed by atoms with Crippen LogP contribution in [0, 0.1) is 13.8 Å². The topological polar surface area (TPSA) is 103 Å². The van der Waals surface area contributed by atoms with E-state index in [0.29, 0.717) is 5.75 Å². The highest BCUT2D eigenvalue weighted by Crippen LogP contribution is 2.19. The Labute approximate surface area is 157 Å². The van der Waals surface area contributed by atoms with E-state index in [1.165, 1.54) is 0 Å². The van der Waals surface area contributed by atoms with E-state index in [-0.39, 0.29) is 31.1 Å². The maximum Gasteiger partial charge on any atom is 0.344 e. The fourth-order valence-corrected chi connectivity index (χ4v) is 2.59. The van der Waals surface area contributed by atoms with Crippen LogP contribution in [-0.2, 0) is 19.1 Å². The summed E-state index contributed by atoms with van der Waals surface area (Å²) >= 11 is 0. The number of hydrogen-bond acceptors (Lipinski definition) is 6. The van der Waals surface area contributed by atoms with E-state index in [1.54, 1.807) is 13.8 Å². The van der Waals surface area contributed by atoms with Gasteiger partial charge in [0.1, 0.15) is 12.4 Å². The van der Waals surface area contributed by atoms with E-state index < -0.39 is 24.0 Å². The van der Waals surface area contributed by atoms with E-state index >= 15 is 0 Å². The maximum absolute atomic E-state index is 12.1. The molecular weight excluding hydrogens is 352 g/mol. The molecule has 1 aliphatic rings. The Bertz CT molecular complexity index is 771. The van der Waals surface area contributed by atoms with Crippen LogP contribution >= 0.6 is 0 Å². The molecule has 2 amide bonds. The first-order chi connectivity index (χ1) is 12.8. The summed E-state index contributed by atoms with van der Waals surface area (Å²) in [4.78, 5) is 35.8. The predicted molar refractivity (Wildman–Crippen MR) is 97.2 cm³/mol. The molecule has 2 N–H and O–H groups in total. The normalized spacial score (nSPS) is 16.3. The maximum atomic E-state index is 12.1. The molecular formula is C19H24N2O6. The van der Waals surface area contributed by atoms with E-state index in [9.17, 15) is 14.4 Å². The first kappa shape index (κ1) is 20.3. The average Bonchev–Trinajstić information content (AvgIpc) is 2.60. The molecule has 0 unspecified atom stereocenters. The van der Waals surface area contributed by atoms with Crippen LogP contribution in [0.25, 0.3) is 0 Å². The minimum Gasteiger partial charge on any atom is -0.482 e. The van der Waals surface area contributed by atoms with Crippen LogP contribution in [0.2, 0.25) is 0 Å². The number of nitrogens with one attached hydrogen (secondary N) is 2. The Balaban J connectivity index is 2.00. The summed E-state index contributed by atoms with van der Waals surface area (Å²) in [7, 11) is 0. The molecule has 2 rings (SSSR count). The molecule has 27 heavy (non-hydrogen) atoms. The Morgan fingerprint density at radius 1 is 1.19 bits per heavy atom. The number of rotatable bonds is 7. The molecule has 8 nitrogen and oxygen atoms in total. The number of amides is 2. The fourth-order valence-electron chi connectivity index (χ4n) is 2.59. The summed E-state index contributed by atoms with van der Waals surface area (Å²) in [5.74, 6) is -0.593. The van der Waals surface area contributed by atoms with Crippen LogP contribution in [0.15, 0.2) is 29.5 Å². The van der Waals surface area contributed by atoms with Crippen molar-refractivity contribution in [2.45, 2.75) is 33.7 Å². The summed E-state index contributed by atoms with van der Waals surface area (Å²) in [6.45, 7) is 6.78. The number of benzene rings is 1. The van der Waals surface area contributed by atoms with Crippen molar-refractivity contribution in [3.8, 4) is 5.75 Å². The summed E-state index contributed by atoms with van der Waals surface area (Å²) in [5, 5.41) is 5.06. The second-order valence-electron chi connectivity index (χ2n) is 6.15. The van der Waals surface area contributed by atoms with Crippen molar-refractivity contribution >= 4 is 18.0 Å². The molecule has 1 heterocycles. The lowest BCUT2D eigenvalue weighted by molar-refractivity contribution is -0.145. The highest BCUT2D eigenvalue weighted by Gasteiger charge is 2.30. The first-order valence-corrected chi connectivity index (χ1v) is 8.65. The third-order valence-corrected chi connectivity index (χ3v) is 3.93. The summed E-state index contributed by atoms with van der Waals surface area (Å²) in [6.07, 6.45) is 0. The second-order valence-corrected chi connectivity index (χ2v) is 6.15. The van der Waals surface area contributed by atoms with Crippen molar-refractivity contribution in [1.29, 1.82) is 0 Å². The Hall–Kier alpha value is -3.03. The molecule has 0 saturated heterocycles. The van der Waals surface area contributed by atoms with Crippen LogP contribution in [0.4, 0.5) is 4.79 Å². The zero-order valence-corrected chi connectivity index (χ0v) is 15.9. The molecule has 1 atom stereocenters. The molecule has 0 aliphatic carbocycles. The number of carbonyl (C=O) groups is 3. The Morgan fingerprint density at radius 2 is 1.93 bits per heavy atom. The highest BCUT2D eigenvalue weighted by molar-refractivity contribution is 5.94. The molecule has 146 valence electrons. The van der Waals surface area contributed by atoms with Crippen molar-refractivity contribution in [3.05, 3.63) is 40.6 Å². The predicted octanol–water partition coefficient (Wildman–Crippen LogP) is 1.74. The van der Waals surface area contributed by atoms with E-state index in [0.717, 1.165) is 11.1 Å². The minimum absolute atomic E-state index is 0.194. The van der Waals surface area contributed by atoms with E-state index in [2.05, 4.69) is 10.6 Å². The van der Waals surface area contributed by atoms with Gasteiger partial charge in [-0.25, -0.2) is 14.4 Å². The lowest BCUT2D eigenvalue weighted by Gasteiger charge is -2.26. The number of ether oxygens (including phenoxy) is 3. The number of carbonyl (C=O) groups excluding carboxylic acids is 3. The molecule has 1 aromatic rings. The smallest absolute Gasteiger partial charge is 0.344 e. The number of aryl methyl sites for hydroxylation is 2. The summed E-state index contributed by atoms with van der Waals surface area (Å²) < 4.78 is 15.6. The molecule has 0 radical (unpaired) electrons. The molecule has 0 saturated carbocycles. The molecule has 1 aliphatic heterocycles. The van der Waals surface area contributed by atoms with Gasteiger partial charge >= 0.3 is 18.0 Å². The third kappa shape index (κ3) is 5.47. The van der Waals surface area contributed by atoms with Gasteiger partial charge in [-0.2, -0.15) is 0 Å². The monoisotopic (exact) mass is 376 g/mol. The van der Waals surface area contributed by atoms with Gasteiger partial charge in [-0.1, -0.05) is 12.1 Å². The summed E-state index contributed by atoms with van der Waals surface area (Å²) in [5.41, 5.74) is 2.34. The van der Waals surface area contributed by atoms with Crippen LogP contribution in [0.3, 0.4) is 0 Å². The number of hydrogen-bond donors (Lipinski definition) is 2. The third-order valence-electron chi connectivity index (χ3n) is 3.93. The van der Waals surface area contributed by atoms with Crippen LogP contribution in [-0.4, -0.2) is 43.8 Å².